The summed E-state index contributed by atoms with van der Waals surface area (Å²) in [6, 6.07) is 1.53. The van der Waals surface area contributed by atoms with Gasteiger partial charge < -0.3 is 14.4 Å². The van der Waals surface area contributed by atoms with Gasteiger partial charge in [0.25, 0.3) is 0 Å². The molecule has 1 N–H and O–H groups in total. The highest BCUT2D eigenvalue weighted by Gasteiger charge is 2.52. The molecule has 1 fully saturated rings. The summed E-state index contributed by atoms with van der Waals surface area (Å²) in [4.78, 5) is 3.97. The van der Waals surface area contributed by atoms with E-state index in [1.165, 1.54) is 12.3 Å². The minimum Gasteiger partial charge on any atom is -0.508 e. The summed E-state index contributed by atoms with van der Waals surface area (Å²) in [6.07, 6.45) is 3.10. The summed E-state index contributed by atoms with van der Waals surface area (Å²) < 4.78 is 11.6. The van der Waals surface area contributed by atoms with Crippen LogP contribution in [0.25, 0.3) is 0 Å². The number of hydrogen-bond donors (Lipinski definition) is 1. The van der Waals surface area contributed by atoms with E-state index in [2.05, 4.69) is 4.98 Å². The van der Waals surface area contributed by atoms with Crippen LogP contribution in [-0.2, 0) is 9.31 Å². The fourth-order valence-electron chi connectivity index (χ4n) is 1.55. The second-order valence-electron chi connectivity index (χ2n) is 5.02. The third-order valence-corrected chi connectivity index (χ3v) is 3.34. The van der Waals surface area contributed by atoms with Crippen molar-refractivity contribution in [3.8, 4) is 5.75 Å². The molecule has 1 saturated heterocycles. The van der Waals surface area contributed by atoms with Crippen LogP contribution in [0, 0.1) is 0 Å². The molecule has 1 aliphatic heterocycles. The summed E-state index contributed by atoms with van der Waals surface area (Å²) in [7, 11) is -0.557. The lowest BCUT2D eigenvalue weighted by molar-refractivity contribution is 0.00578. The van der Waals surface area contributed by atoms with Gasteiger partial charge in [-0.15, -0.1) is 0 Å². The molecule has 0 bridgehead atoms. The maximum atomic E-state index is 9.71. The molecular weight excluding hydrogens is 205 g/mol. The number of aromatic hydroxyl groups is 1. The molecule has 4 nitrogen and oxygen atoms in total. The molecule has 2 heterocycles. The standard InChI is InChI=1S/C11H16BNO3/c1-10(2)11(3,4)16-12(15-10)8-7-13-6-5-9(8)14/h5-7H,1-4H3,(H,13,14). The molecule has 0 unspecified atom stereocenters. The van der Waals surface area contributed by atoms with Gasteiger partial charge in [-0.2, -0.15) is 0 Å². The summed E-state index contributed by atoms with van der Waals surface area (Å²) in [5.41, 5.74) is -0.235. The van der Waals surface area contributed by atoms with Crippen molar-refractivity contribution in [3.63, 3.8) is 0 Å². The van der Waals surface area contributed by atoms with Gasteiger partial charge in [0.1, 0.15) is 5.75 Å². The molecule has 0 aromatic carbocycles. The quantitative estimate of drug-likeness (QED) is 0.721. The number of pyridine rings is 1. The predicted octanol–water partition coefficient (Wildman–Crippen LogP) is 1.09. The second-order valence-corrected chi connectivity index (χ2v) is 5.02. The van der Waals surface area contributed by atoms with Crippen LogP contribution in [0.5, 0.6) is 5.75 Å². The van der Waals surface area contributed by atoms with Crippen molar-refractivity contribution < 1.29 is 14.4 Å². The van der Waals surface area contributed by atoms with Crippen LogP contribution < -0.4 is 5.46 Å². The number of nitrogens with zero attached hydrogens (tertiary/aromatic N) is 1. The van der Waals surface area contributed by atoms with Crippen molar-refractivity contribution in [1.82, 2.24) is 4.98 Å². The van der Waals surface area contributed by atoms with E-state index in [0.29, 0.717) is 5.46 Å². The average molecular weight is 221 g/mol. The van der Waals surface area contributed by atoms with Gasteiger partial charge >= 0.3 is 7.12 Å². The second kappa shape index (κ2) is 3.47. The Balaban J connectivity index is 2.31. The highest BCUT2D eigenvalue weighted by atomic mass is 16.7. The van der Waals surface area contributed by atoms with Gasteiger partial charge in [0.2, 0.25) is 0 Å². The molecular formula is C11H16BNO3. The fraction of sp³-hybridized carbons (Fsp3) is 0.545. The number of rotatable bonds is 1. The lowest BCUT2D eigenvalue weighted by Gasteiger charge is -2.32. The Kier molecular flexibility index (Phi) is 2.47. The first-order valence-electron chi connectivity index (χ1n) is 5.32. The Bertz CT molecular complexity index is 390. The van der Waals surface area contributed by atoms with Crippen LogP contribution in [0.4, 0.5) is 0 Å². The molecule has 0 radical (unpaired) electrons. The van der Waals surface area contributed by atoms with Crippen LogP contribution >= 0.6 is 0 Å². The summed E-state index contributed by atoms with van der Waals surface area (Å²) in [5, 5.41) is 9.71. The first kappa shape index (κ1) is 11.4. The third kappa shape index (κ3) is 1.70. The Hall–Kier alpha value is -1.07. The van der Waals surface area contributed by atoms with Gasteiger partial charge in [-0.1, -0.05) is 0 Å². The monoisotopic (exact) mass is 221 g/mol. The molecule has 16 heavy (non-hydrogen) atoms. The van der Waals surface area contributed by atoms with Gasteiger partial charge in [0.15, 0.2) is 0 Å². The molecule has 0 amide bonds. The van der Waals surface area contributed by atoms with E-state index in [-0.39, 0.29) is 5.75 Å². The normalized spacial score (nSPS) is 22.4. The van der Waals surface area contributed by atoms with E-state index in [1.807, 2.05) is 27.7 Å². The van der Waals surface area contributed by atoms with Crippen molar-refractivity contribution >= 4 is 12.6 Å². The van der Waals surface area contributed by atoms with Gasteiger partial charge in [-0.25, -0.2) is 0 Å². The molecule has 0 aliphatic carbocycles. The van der Waals surface area contributed by atoms with E-state index in [4.69, 9.17) is 9.31 Å². The lowest BCUT2D eigenvalue weighted by Crippen LogP contribution is -2.41. The molecule has 5 heteroatoms. The highest BCUT2D eigenvalue weighted by Crippen LogP contribution is 2.36. The van der Waals surface area contributed by atoms with E-state index >= 15 is 0 Å². The minimum atomic E-state index is -0.557. The SMILES string of the molecule is CC1(C)OB(c2cnccc2O)OC1(C)C. The maximum absolute atomic E-state index is 9.71. The molecule has 1 aromatic rings. The molecule has 0 spiro atoms. The largest absolute Gasteiger partial charge is 0.508 e. The third-order valence-electron chi connectivity index (χ3n) is 3.34. The van der Waals surface area contributed by atoms with Crippen molar-refractivity contribution in [2.24, 2.45) is 0 Å². The lowest BCUT2D eigenvalue weighted by atomic mass is 9.79. The zero-order valence-electron chi connectivity index (χ0n) is 10.0. The Morgan fingerprint density at radius 2 is 1.75 bits per heavy atom. The highest BCUT2D eigenvalue weighted by molar-refractivity contribution is 6.63. The summed E-state index contributed by atoms with van der Waals surface area (Å²) in [5.74, 6) is 0.147. The van der Waals surface area contributed by atoms with Crippen LogP contribution in [0.1, 0.15) is 27.7 Å². The van der Waals surface area contributed by atoms with Crippen LogP contribution in [0.2, 0.25) is 0 Å². The van der Waals surface area contributed by atoms with Gasteiger partial charge in [-0.05, 0) is 33.8 Å². The number of hydrogen-bond acceptors (Lipinski definition) is 4. The first-order chi connectivity index (χ1) is 7.33. The molecule has 2 rings (SSSR count). The van der Waals surface area contributed by atoms with E-state index < -0.39 is 18.3 Å². The van der Waals surface area contributed by atoms with Crippen molar-refractivity contribution in [1.29, 1.82) is 0 Å². The minimum absolute atomic E-state index is 0.147. The van der Waals surface area contributed by atoms with Gasteiger partial charge in [-0.3, -0.25) is 4.98 Å². The molecule has 1 aromatic heterocycles. The molecule has 86 valence electrons. The molecule has 1 aliphatic rings. The van der Waals surface area contributed by atoms with Crippen LogP contribution in [-0.4, -0.2) is 28.4 Å². The zero-order valence-corrected chi connectivity index (χ0v) is 10.0. The Morgan fingerprint density at radius 1 is 1.19 bits per heavy atom. The van der Waals surface area contributed by atoms with Crippen LogP contribution in [0.3, 0.4) is 0 Å². The van der Waals surface area contributed by atoms with Crippen molar-refractivity contribution in [2.75, 3.05) is 0 Å². The summed E-state index contributed by atoms with van der Waals surface area (Å²) in [6.45, 7) is 7.89. The Labute approximate surface area is 95.7 Å². The van der Waals surface area contributed by atoms with Gasteiger partial charge in [0, 0.05) is 17.9 Å². The predicted molar refractivity (Wildman–Crippen MR) is 61.6 cm³/mol. The fourth-order valence-corrected chi connectivity index (χ4v) is 1.55. The maximum Gasteiger partial charge on any atom is 0.500 e. The van der Waals surface area contributed by atoms with Crippen molar-refractivity contribution in [2.45, 2.75) is 38.9 Å². The Morgan fingerprint density at radius 3 is 2.25 bits per heavy atom. The van der Waals surface area contributed by atoms with Gasteiger partial charge in [0.05, 0.1) is 11.2 Å². The zero-order chi connectivity index (χ0) is 12.0. The summed E-state index contributed by atoms with van der Waals surface area (Å²) >= 11 is 0. The van der Waals surface area contributed by atoms with Crippen molar-refractivity contribution in [3.05, 3.63) is 18.5 Å². The smallest absolute Gasteiger partial charge is 0.500 e. The molecule has 0 saturated carbocycles. The van der Waals surface area contributed by atoms with Crippen LogP contribution in [0.15, 0.2) is 18.5 Å². The first-order valence-corrected chi connectivity index (χ1v) is 5.32. The average Bonchev–Trinajstić information content (AvgIpc) is 2.36. The topological polar surface area (TPSA) is 51.6 Å². The van der Waals surface area contributed by atoms with E-state index in [0.717, 1.165) is 0 Å². The van der Waals surface area contributed by atoms with E-state index in [9.17, 15) is 5.11 Å². The number of aromatic nitrogens is 1. The molecule has 0 atom stereocenters. The van der Waals surface area contributed by atoms with E-state index in [1.54, 1.807) is 6.20 Å².